The second kappa shape index (κ2) is 11.9. The molecule has 4 heteroatoms. The zero-order valence-corrected chi connectivity index (χ0v) is 14.4. The Balaban J connectivity index is 0. The quantitative estimate of drug-likeness (QED) is 0.864. The van der Waals surface area contributed by atoms with Gasteiger partial charge in [0.1, 0.15) is 0 Å². The molecule has 0 bridgehead atoms. The lowest BCUT2D eigenvalue weighted by Gasteiger charge is -2.26. The Hall–Kier alpha value is -0.900. The second-order valence-electron chi connectivity index (χ2n) is 5.04. The van der Waals surface area contributed by atoms with Crippen LogP contribution in [0.4, 0.5) is 0 Å². The molecule has 1 aliphatic rings. The number of likely N-dealkylation sites (tertiary alicyclic amines) is 1. The van der Waals surface area contributed by atoms with E-state index in [9.17, 15) is 9.59 Å². The van der Waals surface area contributed by atoms with E-state index in [-0.39, 0.29) is 17.7 Å². The Kier molecular flexibility index (Phi) is 12.7. The maximum Gasteiger partial charge on any atom is 0.240 e. The number of nitrogens with two attached hydrogens (primary N) is 1. The van der Waals surface area contributed by atoms with Gasteiger partial charge in [-0.15, -0.1) is 0 Å². The number of rotatable bonds is 4. The maximum absolute atomic E-state index is 12.0. The summed E-state index contributed by atoms with van der Waals surface area (Å²) in [6.07, 6.45) is 2.37. The highest BCUT2D eigenvalue weighted by atomic mass is 16.2. The predicted octanol–water partition coefficient (Wildman–Crippen LogP) is 2.99. The summed E-state index contributed by atoms with van der Waals surface area (Å²) in [5, 5.41) is 0. The molecule has 0 aromatic rings. The minimum absolute atomic E-state index is 0.0635. The van der Waals surface area contributed by atoms with Gasteiger partial charge in [-0.2, -0.15) is 0 Å². The first kappa shape index (κ1) is 21.4. The highest BCUT2D eigenvalue weighted by Gasteiger charge is 2.34. The zero-order chi connectivity index (χ0) is 16.3. The molecule has 1 fully saturated rings. The van der Waals surface area contributed by atoms with Gasteiger partial charge in [0.15, 0.2) is 5.78 Å². The lowest BCUT2D eigenvalue weighted by molar-refractivity contribution is -0.138. The van der Waals surface area contributed by atoms with Crippen molar-refractivity contribution in [2.45, 2.75) is 79.8 Å². The van der Waals surface area contributed by atoms with E-state index < -0.39 is 6.04 Å². The summed E-state index contributed by atoms with van der Waals surface area (Å²) >= 11 is 0. The van der Waals surface area contributed by atoms with Crippen molar-refractivity contribution in [1.29, 1.82) is 0 Å². The van der Waals surface area contributed by atoms with Crippen LogP contribution >= 0.6 is 0 Å². The molecule has 0 aromatic carbocycles. The molecule has 0 saturated carbocycles. The molecule has 0 spiro atoms. The molecule has 1 aliphatic heterocycles. The number of ketones is 1. The van der Waals surface area contributed by atoms with E-state index in [0.717, 1.165) is 12.8 Å². The molecule has 1 saturated heterocycles. The van der Waals surface area contributed by atoms with E-state index in [1.54, 1.807) is 11.8 Å². The van der Waals surface area contributed by atoms with E-state index in [1.165, 1.54) is 0 Å². The van der Waals surface area contributed by atoms with Gasteiger partial charge >= 0.3 is 0 Å². The van der Waals surface area contributed by atoms with Crippen LogP contribution in [0.2, 0.25) is 0 Å². The molecule has 1 amide bonds. The Morgan fingerprint density at radius 3 is 2.10 bits per heavy atom. The lowest BCUT2D eigenvalue weighted by atomic mass is 10.0. The fourth-order valence-corrected chi connectivity index (χ4v) is 2.27. The SMILES string of the molecule is CC.CC.CC(=O)C1CCCN1C(=O)C(N)CC(C)C. The van der Waals surface area contributed by atoms with E-state index in [0.29, 0.717) is 18.9 Å². The van der Waals surface area contributed by atoms with Gasteiger partial charge in [-0.1, -0.05) is 41.5 Å². The first-order chi connectivity index (χ1) is 9.43. The van der Waals surface area contributed by atoms with Crippen LogP contribution in [0.3, 0.4) is 0 Å². The number of hydrogen-bond acceptors (Lipinski definition) is 3. The molecule has 1 heterocycles. The summed E-state index contributed by atoms with van der Waals surface area (Å²) in [7, 11) is 0. The third-order valence-corrected chi connectivity index (χ3v) is 3.05. The lowest BCUT2D eigenvalue weighted by Crippen LogP contribution is -2.48. The van der Waals surface area contributed by atoms with Crippen molar-refractivity contribution in [3.63, 3.8) is 0 Å². The van der Waals surface area contributed by atoms with E-state index in [1.807, 2.05) is 41.5 Å². The Bertz CT molecular complexity index is 278. The van der Waals surface area contributed by atoms with Gasteiger partial charge in [0, 0.05) is 6.54 Å². The molecular formula is C16H34N2O2. The molecule has 0 aliphatic carbocycles. The van der Waals surface area contributed by atoms with E-state index >= 15 is 0 Å². The van der Waals surface area contributed by atoms with Crippen LogP contribution in [0.15, 0.2) is 0 Å². The summed E-state index contributed by atoms with van der Waals surface area (Å²) < 4.78 is 0. The van der Waals surface area contributed by atoms with Gasteiger partial charge in [-0.25, -0.2) is 0 Å². The van der Waals surface area contributed by atoms with Crippen LogP contribution in [0.25, 0.3) is 0 Å². The summed E-state index contributed by atoms with van der Waals surface area (Å²) in [5.74, 6) is 0.409. The standard InChI is InChI=1S/C12H22N2O2.2C2H6/c1-8(2)7-10(13)12(16)14-6-4-5-11(14)9(3)15;2*1-2/h8,10-11H,4-7,13H2,1-3H3;2*1-2H3. The van der Waals surface area contributed by atoms with Crippen molar-refractivity contribution in [1.82, 2.24) is 4.90 Å². The average molecular weight is 286 g/mol. The first-order valence-electron chi connectivity index (χ1n) is 8.00. The Morgan fingerprint density at radius 1 is 1.20 bits per heavy atom. The number of Topliss-reactive ketones (excluding diaryl/α,β-unsaturated/α-hetero) is 1. The molecule has 2 unspecified atom stereocenters. The zero-order valence-electron chi connectivity index (χ0n) is 14.4. The topological polar surface area (TPSA) is 63.4 Å². The average Bonchev–Trinajstić information content (AvgIpc) is 2.91. The van der Waals surface area contributed by atoms with Crippen molar-refractivity contribution in [2.75, 3.05) is 6.54 Å². The van der Waals surface area contributed by atoms with Gasteiger partial charge in [0.25, 0.3) is 0 Å². The smallest absolute Gasteiger partial charge is 0.240 e. The van der Waals surface area contributed by atoms with Crippen molar-refractivity contribution in [3.05, 3.63) is 0 Å². The summed E-state index contributed by atoms with van der Waals surface area (Å²) in [6.45, 7) is 14.3. The molecule has 20 heavy (non-hydrogen) atoms. The van der Waals surface area contributed by atoms with Crippen molar-refractivity contribution in [3.8, 4) is 0 Å². The Labute approximate surface area is 125 Å². The summed E-state index contributed by atoms with van der Waals surface area (Å²) in [6, 6.07) is -0.689. The van der Waals surface area contributed by atoms with Gasteiger partial charge in [0.2, 0.25) is 5.91 Å². The largest absolute Gasteiger partial charge is 0.331 e. The number of carbonyl (C=O) groups excluding carboxylic acids is 2. The third kappa shape index (κ3) is 7.04. The number of nitrogens with zero attached hydrogens (tertiary/aromatic N) is 1. The van der Waals surface area contributed by atoms with Crippen LogP contribution < -0.4 is 5.73 Å². The van der Waals surface area contributed by atoms with Crippen LogP contribution in [0.1, 0.15) is 67.7 Å². The normalized spacial score (nSPS) is 18.6. The monoisotopic (exact) mass is 286 g/mol. The first-order valence-corrected chi connectivity index (χ1v) is 8.00. The number of carbonyl (C=O) groups is 2. The second-order valence-corrected chi connectivity index (χ2v) is 5.04. The molecule has 2 atom stereocenters. The molecule has 0 radical (unpaired) electrons. The van der Waals surface area contributed by atoms with Crippen LogP contribution in [0, 0.1) is 5.92 Å². The number of hydrogen-bond donors (Lipinski definition) is 1. The molecule has 2 N–H and O–H groups in total. The molecule has 120 valence electrons. The molecule has 0 aromatic heterocycles. The molecule has 4 nitrogen and oxygen atoms in total. The van der Waals surface area contributed by atoms with Crippen LogP contribution in [-0.4, -0.2) is 35.2 Å². The van der Waals surface area contributed by atoms with Crippen LogP contribution in [0.5, 0.6) is 0 Å². The summed E-state index contributed by atoms with van der Waals surface area (Å²) in [4.78, 5) is 25.1. The minimum atomic E-state index is -0.458. The highest BCUT2D eigenvalue weighted by molar-refractivity contribution is 5.90. The van der Waals surface area contributed by atoms with Crippen LogP contribution in [-0.2, 0) is 9.59 Å². The number of amides is 1. The molecule has 1 rings (SSSR count). The minimum Gasteiger partial charge on any atom is -0.331 e. The highest BCUT2D eigenvalue weighted by Crippen LogP contribution is 2.19. The third-order valence-electron chi connectivity index (χ3n) is 3.05. The van der Waals surface area contributed by atoms with Crippen molar-refractivity contribution in [2.24, 2.45) is 11.7 Å². The predicted molar refractivity (Wildman–Crippen MR) is 85.5 cm³/mol. The summed E-state index contributed by atoms with van der Waals surface area (Å²) in [5.41, 5.74) is 5.86. The fraction of sp³-hybridized carbons (Fsp3) is 0.875. The van der Waals surface area contributed by atoms with Gasteiger partial charge in [-0.3, -0.25) is 9.59 Å². The van der Waals surface area contributed by atoms with E-state index in [2.05, 4.69) is 0 Å². The van der Waals surface area contributed by atoms with E-state index in [4.69, 9.17) is 5.73 Å². The van der Waals surface area contributed by atoms with Gasteiger partial charge in [-0.05, 0) is 32.1 Å². The van der Waals surface area contributed by atoms with Crippen molar-refractivity contribution < 1.29 is 9.59 Å². The molecular weight excluding hydrogens is 252 g/mol. The van der Waals surface area contributed by atoms with Gasteiger partial charge in [0.05, 0.1) is 12.1 Å². The van der Waals surface area contributed by atoms with Crippen molar-refractivity contribution >= 4 is 11.7 Å². The maximum atomic E-state index is 12.0. The fourth-order valence-electron chi connectivity index (χ4n) is 2.27. The van der Waals surface area contributed by atoms with Gasteiger partial charge < -0.3 is 10.6 Å². The Morgan fingerprint density at radius 2 is 1.70 bits per heavy atom.